The van der Waals surface area contributed by atoms with Crippen molar-refractivity contribution < 1.29 is 9.53 Å². The van der Waals surface area contributed by atoms with E-state index >= 15 is 0 Å². The van der Waals surface area contributed by atoms with Crippen LogP contribution in [0.3, 0.4) is 0 Å². The molecule has 106 valence electrons. The van der Waals surface area contributed by atoms with Crippen molar-refractivity contribution in [2.45, 2.75) is 32.6 Å². The summed E-state index contributed by atoms with van der Waals surface area (Å²) in [7, 11) is 1.76. The molecule has 0 bridgehead atoms. The van der Waals surface area contributed by atoms with Gasteiger partial charge in [0.2, 0.25) is 0 Å². The molecule has 0 unspecified atom stereocenters. The summed E-state index contributed by atoms with van der Waals surface area (Å²) >= 11 is 0. The minimum absolute atomic E-state index is 0.105. The lowest BCUT2D eigenvalue weighted by molar-refractivity contribution is -0.141. The molecule has 5 heteroatoms. The normalized spacial score (nSPS) is 13.2. The number of nitriles is 1. The molecule has 0 saturated carbocycles. The number of anilines is 1. The quantitative estimate of drug-likeness (QED) is 0.783. The maximum Gasteiger partial charge on any atom is 0.325 e. The molecule has 0 atom stereocenters. The molecule has 0 radical (unpaired) electrons. The van der Waals surface area contributed by atoms with Crippen LogP contribution in [0.4, 0.5) is 5.82 Å². The Bertz CT molecular complexity index is 549. The first-order valence-electron chi connectivity index (χ1n) is 6.95. The maximum atomic E-state index is 11.5. The fourth-order valence-electron chi connectivity index (χ4n) is 2.47. The smallest absolute Gasteiger partial charge is 0.325 e. The molecule has 0 aliphatic heterocycles. The Hall–Kier alpha value is -2.09. The average molecular weight is 273 g/mol. The van der Waals surface area contributed by atoms with E-state index in [0.29, 0.717) is 18.0 Å². The number of fused-ring (bicyclic) bond motifs is 1. The summed E-state index contributed by atoms with van der Waals surface area (Å²) < 4.78 is 4.93. The number of hydrogen-bond acceptors (Lipinski definition) is 5. The van der Waals surface area contributed by atoms with Gasteiger partial charge in [0.1, 0.15) is 18.4 Å². The number of carbonyl (C=O) groups excluding carboxylic acids is 1. The van der Waals surface area contributed by atoms with Crippen molar-refractivity contribution >= 4 is 11.8 Å². The molecule has 0 spiro atoms. The van der Waals surface area contributed by atoms with Crippen LogP contribution in [0.5, 0.6) is 0 Å². The molecular weight excluding hydrogens is 254 g/mol. The van der Waals surface area contributed by atoms with E-state index in [1.807, 2.05) is 6.07 Å². The van der Waals surface area contributed by atoms with Gasteiger partial charge < -0.3 is 9.64 Å². The summed E-state index contributed by atoms with van der Waals surface area (Å²) in [5.41, 5.74) is 2.75. The van der Waals surface area contributed by atoms with E-state index in [-0.39, 0.29) is 12.5 Å². The van der Waals surface area contributed by atoms with E-state index in [2.05, 4.69) is 11.1 Å². The molecule has 0 amide bonds. The summed E-state index contributed by atoms with van der Waals surface area (Å²) in [6.45, 7) is 2.24. The van der Waals surface area contributed by atoms with Gasteiger partial charge in [-0.2, -0.15) is 5.26 Å². The standard InChI is InChI=1S/C15H19N3O2/c1-3-20-14(19)10-18(2)15-12(9-16)8-11-6-4-5-7-13(11)17-15/h8H,3-7,10H2,1-2H3. The van der Waals surface area contributed by atoms with Crippen LogP contribution in [0.1, 0.15) is 36.6 Å². The van der Waals surface area contributed by atoms with Crippen LogP contribution < -0.4 is 4.90 Å². The highest BCUT2D eigenvalue weighted by Gasteiger charge is 2.18. The topological polar surface area (TPSA) is 66.2 Å². The second-order valence-electron chi connectivity index (χ2n) is 4.95. The Labute approximate surface area is 119 Å². The third-order valence-electron chi connectivity index (χ3n) is 3.43. The first-order chi connectivity index (χ1) is 9.65. The number of rotatable bonds is 4. The molecule has 1 aliphatic rings. The Morgan fingerprint density at radius 3 is 2.95 bits per heavy atom. The summed E-state index contributed by atoms with van der Waals surface area (Å²) in [5.74, 6) is 0.264. The maximum absolute atomic E-state index is 11.5. The van der Waals surface area contributed by atoms with Crippen molar-refractivity contribution in [1.82, 2.24) is 4.98 Å². The molecule has 20 heavy (non-hydrogen) atoms. The van der Waals surface area contributed by atoms with Crippen molar-refractivity contribution in [2.75, 3.05) is 25.1 Å². The molecular formula is C15H19N3O2. The molecule has 1 aliphatic carbocycles. The van der Waals surface area contributed by atoms with E-state index in [1.165, 1.54) is 5.56 Å². The zero-order valence-corrected chi connectivity index (χ0v) is 12.0. The van der Waals surface area contributed by atoms with Crippen LogP contribution in [0.15, 0.2) is 6.07 Å². The molecule has 1 aromatic rings. The minimum Gasteiger partial charge on any atom is -0.465 e. The predicted octanol–water partition coefficient (Wildman–Crippen LogP) is 1.83. The lowest BCUT2D eigenvalue weighted by Crippen LogP contribution is -2.29. The molecule has 0 aromatic carbocycles. The zero-order valence-electron chi connectivity index (χ0n) is 12.0. The van der Waals surface area contributed by atoms with E-state index in [4.69, 9.17) is 4.74 Å². The number of pyridine rings is 1. The highest BCUT2D eigenvalue weighted by atomic mass is 16.5. The third kappa shape index (κ3) is 3.08. The Morgan fingerprint density at radius 1 is 1.50 bits per heavy atom. The molecule has 0 fully saturated rings. The number of hydrogen-bond donors (Lipinski definition) is 0. The lowest BCUT2D eigenvalue weighted by atomic mass is 9.95. The van der Waals surface area contributed by atoms with E-state index in [9.17, 15) is 10.1 Å². The van der Waals surface area contributed by atoms with Gasteiger partial charge in [-0.05, 0) is 44.2 Å². The summed E-state index contributed by atoms with van der Waals surface area (Å²) in [5, 5.41) is 9.27. The van der Waals surface area contributed by atoms with Crippen molar-refractivity contribution in [2.24, 2.45) is 0 Å². The number of carbonyl (C=O) groups is 1. The number of ether oxygens (including phenoxy) is 1. The lowest BCUT2D eigenvalue weighted by Gasteiger charge is -2.22. The van der Waals surface area contributed by atoms with Crippen LogP contribution >= 0.6 is 0 Å². The molecule has 1 heterocycles. The molecule has 0 N–H and O–H groups in total. The summed E-state index contributed by atoms with van der Waals surface area (Å²) in [6, 6.07) is 4.09. The second-order valence-corrected chi connectivity index (χ2v) is 4.95. The van der Waals surface area contributed by atoms with E-state index < -0.39 is 0 Å². The number of aryl methyl sites for hydroxylation is 2. The summed E-state index contributed by atoms with van der Waals surface area (Å²) in [6.07, 6.45) is 4.21. The van der Waals surface area contributed by atoms with Gasteiger partial charge in [-0.15, -0.1) is 0 Å². The first kappa shape index (κ1) is 14.3. The van der Waals surface area contributed by atoms with Gasteiger partial charge in [0.25, 0.3) is 0 Å². The van der Waals surface area contributed by atoms with Gasteiger partial charge in [-0.25, -0.2) is 4.98 Å². The highest BCUT2D eigenvalue weighted by Crippen LogP contribution is 2.25. The molecule has 5 nitrogen and oxygen atoms in total. The fourth-order valence-corrected chi connectivity index (χ4v) is 2.47. The molecule has 2 rings (SSSR count). The SMILES string of the molecule is CCOC(=O)CN(C)c1nc2c(cc1C#N)CCCC2. The van der Waals surface area contributed by atoms with Gasteiger partial charge in [-0.1, -0.05) is 0 Å². The van der Waals surface area contributed by atoms with E-state index in [0.717, 1.165) is 31.4 Å². The van der Waals surface area contributed by atoms with E-state index in [1.54, 1.807) is 18.9 Å². The fraction of sp³-hybridized carbons (Fsp3) is 0.533. The first-order valence-corrected chi connectivity index (χ1v) is 6.95. The molecule has 0 saturated heterocycles. The Balaban J connectivity index is 2.26. The van der Waals surface area contributed by atoms with Crippen LogP contribution in [0, 0.1) is 11.3 Å². The predicted molar refractivity (Wildman–Crippen MR) is 75.5 cm³/mol. The highest BCUT2D eigenvalue weighted by molar-refractivity contribution is 5.76. The van der Waals surface area contributed by atoms with Crippen LogP contribution in [-0.2, 0) is 22.4 Å². The van der Waals surface area contributed by atoms with Gasteiger partial charge in [0.05, 0.1) is 12.2 Å². The third-order valence-corrected chi connectivity index (χ3v) is 3.43. The number of aromatic nitrogens is 1. The van der Waals surface area contributed by atoms with Crippen molar-refractivity contribution in [3.8, 4) is 6.07 Å². The number of likely N-dealkylation sites (N-methyl/N-ethyl adjacent to an activating group) is 1. The number of nitrogens with zero attached hydrogens (tertiary/aromatic N) is 3. The van der Waals surface area contributed by atoms with Crippen LogP contribution in [-0.4, -0.2) is 31.2 Å². The Kier molecular flexibility index (Phi) is 4.57. The number of esters is 1. The van der Waals surface area contributed by atoms with Crippen molar-refractivity contribution in [1.29, 1.82) is 5.26 Å². The average Bonchev–Trinajstić information content (AvgIpc) is 2.45. The van der Waals surface area contributed by atoms with Gasteiger partial charge in [-0.3, -0.25) is 4.79 Å². The Morgan fingerprint density at radius 2 is 2.25 bits per heavy atom. The van der Waals surface area contributed by atoms with Gasteiger partial charge >= 0.3 is 5.97 Å². The van der Waals surface area contributed by atoms with Crippen LogP contribution in [0.25, 0.3) is 0 Å². The van der Waals surface area contributed by atoms with Crippen molar-refractivity contribution in [3.05, 3.63) is 22.9 Å². The summed E-state index contributed by atoms with van der Waals surface area (Å²) in [4.78, 5) is 17.8. The van der Waals surface area contributed by atoms with Gasteiger partial charge in [0, 0.05) is 12.7 Å². The zero-order chi connectivity index (χ0) is 14.5. The molecule has 1 aromatic heterocycles. The largest absolute Gasteiger partial charge is 0.465 e. The van der Waals surface area contributed by atoms with Crippen molar-refractivity contribution in [3.63, 3.8) is 0 Å². The van der Waals surface area contributed by atoms with Gasteiger partial charge in [0.15, 0.2) is 0 Å². The minimum atomic E-state index is -0.307. The van der Waals surface area contributed by atoms with Crippen LogP contribution in [0.2, 0.25) is 0 Å². The monoisotopic (exact) mass is 273 g/mol. The second kappa shape index (κ2) is 6.38.